The van der Waals surface area contributed by atoms with Crippen LogP contribution in [0.4, 0.5) is 5.69 Å². The van der Waals surface area contributed by atoms with Crippen LogP contribution in [0.15, 0.2) is 23.1 Å². The molecule has 0 aliphatic carbocycles. The van der Waals surface area contributed by atoms with Crippen molar-refractivity contribution in [3.63, 3.8) is 0 Å². The first-order valence-corrected chi connectivity index (χ1v) is 7.21. The first-order valence-electron chi connectivity index (χ1n) is 7.21. The molecule has 1 fully saturated rings. The number of likely N-dealkylation sites (tertiary alicyclic amines) is 1. The van der Waals surface area contributed by atoms with Crippen LogP contribution in [-0.2, 0) is 11.3 Å². The molecule has 1 aromatic rings. The van der Waals surface area contributed by atoms with E-state index in [0.717, 1.165) is 25.9 Å². The molecule has 0 atom stereocenters. The molecule has 2 rings (SSSR count). The summed E-state index contributed by atoms with van der Waals surface area (Å²) in [5.74, 6) is 1.37. The van der Waals surface area contributed by atoms with Crippen molar-refractivity contribution in [3.8, 4) is 0 Å². The van der Waals surface area contributed by atoms with Crippen molar-refractivity contribution in [1.29, 1.82) is 0 Å². The lowest BCUT2D eigenvalue weighted by Crippen LogP contribution is -2.42. The van der Waals surface area contributed by atoms with Crippen LogP contribution in [-0.4, -0.2) is 28.5 Å². The third-order valence-electron chi connectivity index (χ3n) is 4.15. The van der Waals surface area contributed by atoms with Gasteiger partial charge in [0.2, 0.25) is 5.91 Å². The SMILES string of the molecule is CC(C)C1CCN(C(=O)Cn2cc(N)ccc2=O)CC1. The molecule has 0 unspecified atom stereocenters. The van der Waals surface area contributed by atoms with Gasteiger partial charge in [0.05, 0.1) is 0 Å². The molecule has 2 heterocycles. The molecular weight excluding hydrogens is 254 g/mol. The molecule has 2 N–H and O–H groups in total. The van der Waals surface area contributed by atoms with E-state index in [1.54, 1.807) is 6.07 Å². The van der Waals surface area contributed by atoms with Crippen LogP contribution < -0.4 is 11.3 Å². The van der Waals surface area contributed by atoms with Gasteiger partial charge in [-0.15, -0.1) is 0 Å². The molecule has 1 aliphatic rings. The lowest BCUT2D eigenvalue weighted by Gasteiger charge is -2.34. The predicted molar refractivity (Wildman–Crippen MR) is 79.3 cm³/mol. The van der Waals surface area contributed by atoms with Gasteiger partial charge in [0, 0.05) is 31.0 Å². The fourth-order valence-corrected chi connectivity index (χ4v) is 2.73. The van der Waals surface area contributed by atoms with Crippen molar-refractivity contribution in [2.45, 2.75) is 33.2 Å². The molecule has 0 radical (unpaired) electrons. The molecule has 5 nitrogen and oxygen atoms in total. The average molecular weight is 277 g/mol. The number of piperidine rings is 1. The third kappa shape index (κ3) is 3.40. The third-order valence-corrected chi connectivity index (χ3v) is 4.15. The standard InChI is InChI=1S/C15H23N3O2/c1-11(2)12-5-7-17(8-6-12)15(20)10-18-9-13(16)3-4-14(18)19/h3-4,9,11-12H,5-8,10,16H2,1-2H3. The van der Waals surface area contributed by atoms with Gasteiger partial charge in [-0.05, 0) is 30.7 Å². The molecule has 0 bridgehead atoms. The van der Waals surface area contributed by atoms with E-state index in [9.17, 15) is 9.59 Å². The highest BCUT2D eigenvalue weighted by atomic mass is 16.2. The Labute approximate surface area is 119 Å². The molecule has 110 valence electrons. The van der Waals surface area contributed by atoms with E-state index in [-0.39, 0.29) is 18.0 Å². The van der Waals surface area contributed by atoms with Crippen LogP contribution in [0.1, 0.15) is 26.7 Å². The van der Waals surface area contributed by atoms with E-state index in [2.05, 4.69) is 13.8 Å². The first-order chi connectivity index (χ1) is 9.47. The zero-order valence-electron chi connectivity index (χ0n) is 12.2. The number of carbonyl (C=O) groups is 1. The van der Waals surface area contributed by atoms with E-state index in [1.807, 2.05) is 4.90 Å². The Morgan fingerprint density at radius 3 is 2.60 bits per heavy atom. The number of nitrogens with two attached hydrogens (primary N) is 1. The summed E-state index contributed by atoms with van der Waals surface area (Å²) in [6.45, 7) is 6.12. The Bertz CT molecular complexity index is 528. The molecule has 0 saturated carbocycles. The number of pyridine rings is 1. The molecule has 1 aromatic heterocycles. The second-order valence-electron chi connectivity index (χ2n) is 5.89. The predicted octanol–water partition coefficient (Wildman–Crippen LogP) is 1.33. The van der Waals surface area contributed by atoms with Gasteiger partial charge in [0.25, 0.3) is 5.56 Å². The summed E-state index contributed by atoms with van der Waals surface area (Å²) in [6.07, 6.45) is 3.63. The van der Waals surface area contributed by atoms with E-state index in [1.165, 1.54) is 16.8 Å². The first kappa shape index (κ1) is 14.6. The minimum atomic E-state index is -0.190. The van der Waals surface area contributed by atoms with Crippen molar-refractivity contribution in [2.24, 2.45) is 11.8 Å². The highest BCUT2D eigenvalue weighted by molar-refractivity contribution is 5.76. The van der Waals surface area contributed by atoms with Gasteiger partial charge in [0.1, 0.15) is 6.54 Å². The summed E-state index contributed by atoms with van der Waals surface area (Å²) in [4.78, 5) is 25.8. The van der Waals surface area contributed by atoms with Crippen molar-refractivity contribution < 1.29 is 4.79 Å². The van der Waals surface area contributed by atoms with Gasteiger partial charge in [0.15, 0.2) is 0 Å². The number of rotatable bonds is 3. The van der Waals surface area contributed by atoms with Crippen molar-refractivity contribution in [1.82, 2.24) is 9.47 Å². The van der Waals surface area contributed by atoms with E-state index in [4.69, 9.17) is 5.73 Å². The average Bonchev–Trinajstić information content (AvgIpc) is 2.43. The maximum absolute atomic E-state index is 12.2. The monoisotopic (exact) mass is 277 g/mol. The molecule has 0 spiro atoms. The molecule has 20 heavy (non-hydrogen) atoms. The normalized spacial score (nSPS) is 16.6. The van der Waals surface area contributed by atoms with Crippen LogP contribution >= 0.6 is 0 Å². The van der Waals surface area contributed by atoms with Crippen LogP contribution in [0.5, 0.6) is 0 Å². The number of nitrogens with zero attached hydrogens (tertiary/aromatic N) is 2. The Hall–Kier alpha value is -1.78. The second kappa shape index (κ2) is 6.11. The van der Waals surface area contributed by atoms with E-state index < -0.39 is 0 Å². The highest BCUT2D eigenvalue weighted by Gasteiger charge is 2.24. The Morgan fingerprint density at radius 2 is 2.00 bits per heavy atom. The van der Waals surface area contributed by atoms with Crippen LogP contribution in [0, 0.1) is 11.8 Å². The Morgan fingerprint density at radius 1 is 1.35 bits per heavy atom. The zero-order chi connectivity index (χ0) is 14.7. The second-order valence-corrected chi connectivity index (χ2v) is 5.89. The lowest BCUT2D eigenvalue weighted by molar-refractivity contribution is -0.133. The number of hydrogen-bond acceptors (Lipinski definition) is 3. The van der Waals surface area contributed by atoms with Crippen LogP contribution in [0.25, 0.3) is 0 Å². The number of aromatic nitrogens is 1. The lowest BCUT2D eigenvalue weighted by atomic mass is 9.87. The fourth-order valence-electron chi connectivity index (χ4n) is 2.73. The molecule has 1 saturated heterocycles. The van der Waals surface area contributed by atoms with Gasteiger partial charge < -0.3 is 15.2 Å². The highest BCUT2D eigenvalue weighted by Crippen LogP contribution is 2.24. The summed E-state index contributed by atoms with van der Waals surface area (Å²) in [5.41, 5.74) is 5.95. The summed E-state index contributed by atoms with van der Waals surface area (Å²) in [6, 6.07) is 2.95. The van der Waals surface area contributed by atoms with E-state index >= 15 is 0 Å². The largest absolute Gasteiger partial charge is 0.398 e. The Kier molecular flexibility index (Phi) is 4.47. The molecule has 1 aliphatic heterocycles. The van der Waals surface area contributed by atoms with Crippen molar-refractivity contribution >= 4 is 11.6 Å². The number of amides is 1. The van der Waals surface area contributed by atoms with E-state index in [0.29, 0.717) is 17.5 Å². The topological polar surface area (TPSA) is 68.3 Å². The molecular formula is C15H23N3O2. The summed E-state index contributed by atoms with van der Waals surface area (Å²) in [7, 11) is 0. The maximum Gasteiger partial charge on any atom is 0.251 e. The number of nitrogen functional groups attached to an aromatic ring is 1. The Balaban J connectivity index is 1.96. The summed E-state index contributed by atoms with van der Waals surface area (Å²) in [5, 5.41) is 0. The van der Waals surface area contributed by atoms with Gasteiger partial charge in [-0.2, -0.15) is 0 Å². The zero-order valence-corrected chi connectivity index (χ0v) is 12.2. The van der Waals surface area contributed by atoms with Crippen molar-refractivity contribution in [2.75, 3.05) is 18.8 Å². The quantitative estimate of drug-likeness (QED) is 0.906. The number of hydrogen-bond donors (Lipinski definition) is 1. The smallest absolute Gasteiger partial charge is 0.251 e. The molecule has 0 aromatic carbocycles. The maximum atomic E-state index is 12.2. The molecule has 1 amide bonds. The summed E-state index contributed by atoms with van der Waals surface area (Å²) >= 11 is 0. The van der Waals surface area contributed by atoms with Gasteiger partial charge in [-0.1, -0.05) is 13.8 Å². The van der Waals surface area contributed by atoms with Gasteiger partial charge in [-0.3, -0.25) is 9.59 Å². The van der Waals surface area contributed by atoms with Gasteiger partial charge in [-0.25, -0.2) is 0 Å². The number of carbonyl (C=O) groups excluding carboxylic acids is 1. The van der Waals surface area contributed by atoms with Gasteiger partial charge >= 0.3 is 0 Å². The number of anilines is 1. The molecule has 5 heteroatoms. The fraction of sp³-hybridized carbons (Fsp3) is 0.600. The van der Waals surface area contributed by atoms with Crippen LogP contribution in [0.3, 0.4) is 0 Å². The minimum Gasteiger partial charge on any atom is -0.398 e. The summed E-state index contributed by atoms with van der Waals surface area (Å²) < 4.78 is 1.38. The minimum absolute atomic E-state index is 0.0000869. The van der Waals surface area contributed by atoms with Crippen molar-refractivity contribution in [3.05, 3.63) is 28.7 Å². The van der Waals surface area contributed by atoms with Crippen LogP contribution in [0.2, 0.25) is 0 Å².